The van der Waals surface area contributed by atoms with Gasteiger partial charge < -0.3 is 10.1 Å². The van der Waals surface area contributed by atoms with Gasteiger partial charge in [-0.25, -0.2) is 9.38 Å². The average molecular weight is 427 g/mol. The number of carbonyl (C=O) groups excluding carboxylic acids is 1. The van der Waals surface area contributed by atoms with Crippen LogP contribution in [0.1, 0.15) is 51.0 Å². The molecule has 1 fully saturated rings. The van der Waals surface area contributed by atoms with Crippen molar-refractivity contribution in [3.8, 4) is 5.75 Å². The van der Waals surface area contributed by atoms with E-state index in [0.29, 0.717) is 15.8 Å². The van der Waals surface area contributed by atoms with Crippen molar-refractivity contribution in [2.75, 3.05) is 6.61 Å². The lowest BCUT2D eigenvalue weighted by Gasteiger charge is -2.06. The molecule has 1 heterocycles. The molecule has 1 amide bonds. The quantitative estimate of drug-likeness (QED) is 0.350. The van der Waals surface area contributed by atoms with Crippen LogP contribution in [-0.2, 0) is 4.79 Å². The Balaban J connectivity index is 1.50. The molecule has 1 N–H and O–H groups in total. The first-order valence-corrected chi connectivity index (χ1v) is 11.2. The molecule has 0 atom stereocenters. The molecule has 0 spiro atoms. The van der Waals surface area contributed by atoms with Crippen LogP contribution in [0.3, 0.4) is 0 Å². The number of nitrogens with one attached hydrogen (secondary N) is 1. The molecule has 30 heavy (non-hydrogen) atoms. The first-order valence-electron chi connectivity index (χ1n) is 10.4. The highest BCUT2D eigenvalue weighted by atomic mass is 32.2. The Labute approximate surface area is 181 Å². The van der Waals surface area contributed by atoms with Crippen molar-refractivity contribution in [2.45, 2.75) is 45.4 Å². The van der Waals surface area contributed by atoms with Crippen molar-refractivity contribution in [2.24, 2.45) is 4.99 Å². The first-order chi connectivity index (χ1) is 14.6. The number of thioether (sulfide) groups is 1. The number of unbranched alkanes of at least 4 members (excludes halogenated alkanes) is 5. The van der Waals surface area contributed by atoms with Gasteiger partial charge in [-0.2, -0.15) is 0 Å². The summed E-state index contributed by atoms with van der Waals surface area (Å²) in [5, 5.41) is 3.22. The number of rotatable bonds is 10. The number of halogens is 1. The minimum absolute atomic E-state index is 0.190. The largest absolute Gasteiger partial charge is 0.494 e. The van der Waals surface area contributed by atoms with Gasteiger partial charge >= 0.3 is 0 Å². The van der Waals surface area contributed by atoms with Crippen LogP contribution in [0.5, 0.6) is 5.75 Å². The van der Waals surface area contributed by atoms with Gasteiger partial charge in [0.15, 0.2) is 5.17 Å². The van der Waals surface area contributed by atoms with Crippen LogP contribution in [0, 0.1) is 5.82 Å². The monoisotopic (exact) mass is 426 g/mol. The zero-order valence-corrected chi connectivity index (χ0v) is 18.0. The van der Waals surface area contributed by atoms with Gasteiger partial charge in [-0.3, -0.25) is 4.79 Å². The molecule has 1 saturated heterocycles. The van der Waals surface area contributed by atoms with E-state index >= 15 is 0 Å². The fourth-order valence-corrected chi connectivity index (χ4v) is 3.84. The maximum Gasteiger partial charge on any atom is 0.264 e. The Bertz CT molecular complexity index is 892. The topological polar surface area (TPSA) is 50.7 Å². The molecule has 0 radical (unpaired) electrons. The summed E-state index contributed by atoms with van der Waals surface area (Å²) in [6.07, 6.45) is 9.26. The molecule has 0 bridgehead atoms. The third kappa shape index (κ3) is 7.02. The second-order valence-electron chi connectivity index (χ2n) is 7.14. The molecule has 0 aliphatic carbocycles. The fourth-order valence-electron chi connectivity index (χ4n) is 3.00. The second kappa shape index (κ2) is 11.6. The Kier molecular flexibility index (Phi) is 8.51. The maximum absolute atomic E-state index is 13.0. The van der Waals surface area contributed by atoms with Gasteiger partial charge in [-0.15, -0.1) is 0 Å². The number of ether oxygens (including phenoxy) is 1. The summed E-state index contributed by atoms with van der Waals surface area (Å²) in [6.45, 7) is 2.95. The predicted molar refractivity (Wildman–Crippen MR) is 123 cm³/mol. The van der Waals surface area contributed by atoms with Gasteiger partial charge in [-0.1, -0.05) is 51.2 Å². The highest BCUT2D eigenvalue weighted by Gasteiger charge is 2.23. The number of nitrogens with zero attached hydrogens (tertiary/aromatic N) is 1. The molecule has 2 aromatic carbocycles. The lowest BCUT2D eigenvalue weighted by atomic mass is 10.1. The third-order valence-electron chi connectivity index (χ3n) is 4.65. The van der Waals surface area contributed by atoms with Crippen molar-refractivity contribution in [1.82, 2.24) is 5.32 Å². The standard InChI is InChI=1S/C24H27FN2O2S/c1-2-3-4-5-6-7-16-29-21-14-8-18(9-15-21)17-22-23(28)27-24(30-22)26-20-12-10-19(25)11-13-20/h8-15,17H,2-7,16H2,1H3,(H,26,27,28)/b22-17+. The van der Waals surface area contributed by atoms with E-state index < -0.39 is 0 Å². The number of amides is 1. The van der Waals surface area contributed by atoms with E-state index in [1.54, 1.807) is 12.1 Å². The maximum atomic E-state index is 13.0. The van der Waals surface area contributed by atoms with E-state index in [0.717, 1.165) is 24.3 Å². The van der Waals surface area contributed by atoms with Crippen LogP contribution in [-0.4, -0.2) is 17.7 Å². The summed E-state index contributed by atoms with van der Waals surface area (Å²) < 4.78 is 18.8. The van der Waals surface area contributed by atoms with Gasteiger partial charge in [0, 0.05) is 0 Å². The van der Waals surface area contributed by atoms with E-state index in [1.807, 2.05) is 30.3 Å². The molecule has 0 unspecified atom stereocenters. The molecular formula is C24H27FN2O2S. The summed E-state index contributed by atoms with van der Waals surface area (Å²) in [5.74, 6) is 0.333. The Morgan fingerprint density at radius 3 is 2.43 bits per heavy atom. The molecule has 3 rings (SSSR count). The molecule has 0 aromatic heterocycles. The Morgan fingerprint density at radius 2 is 1.70 bits per heavy atom. The summed E-state index contributed by atoms with van der Waals surface area (Å²) in [5.41, 5.74) is 1.51. The van der Waals surface area contributed by atoms with Crippen molar-refractivity contribution in [3.63, 3.8) is 0 Å². The van der Waals surface area contributed by atoms with Gasteiger partial charge in [0.05, 0.1) is 17.2 Å². The van der Waals surface area contributed by atoms with Crippen LogP contribution in [0.2, 0.25) is 0 Å². The summed E-state index contributed by atoms with van der Waals surface area (Å²) in [4.78, 5) is 17.1. The van der Waals surface area contributed by atoms with Crippen LogP contribution in [0.25, 0.3) is 6.08 Å². The Hall–Kier alpha value is -2.60. The first kappa shape index (κ1) is 22.1. The summed E-state index contributed by atoms with van der Waals surface area (Å²) >= 11 is 1.27. The van der Waals surface area contributed by atoms with Crippen molar-refractivity contribution in [3.05, 3.63) is 64.8 Å². The van der Waals surface area contributed by atoms with Crippen LogP contribution in [0.15, 0.2) is 58.4 Å². The van der Waals surface area contributed by atoms with E-state index in [2.05, 4.69) is 17.2 Å². The van der Waals surface area contributed by atoms with E-state index in [1.165, 1.54) is 56.0 Å². The minimum Gasteiger partial charge on any atom is -0.494 e. The highest BCUT2D eigenvalue weighted by molar-refractivity contribution is 8.18. The molecule has 158 valence electrons. The lowest BCUT2D eigenvalue weighted by Crippen LogP contribution is -2.19. The summed E-state index contributed by atoms with van der Waals surface area (Å²) in [7, 11) is 0. The van der Waals surface area contributed by atoms with Crippen LogP contribution >= 0.6 is 11.8 Å². The zero-order valence-electron chi connectivity index (χ0n) is 17.2. The average Bonchev–Trinajstić information content (AvgIpc) is 3.09. The normalized spacial score (nSPS) is 16.3. The summed E-state index contributed by atoms with van der Waals surface area (Å²) in [6, 6.07) is 13.5. The lowest BCUT2D eigenvalue weighted by molar-refractivity contribution is -0.115. The number of amidine groups is 1. The van der Waals surface area contributed by atoms with Gasteiger partial charge in [0.25, 0.3) is 5.91 Å². The molecule has 0 saturated carbocycles. The molecular weight excluding hydrogens is 399 g/mol. The van der Waals surface area contributed by atoms with Crippen molar-refractivity contribution < 1.29 is 13.9 Å². The predicted octanol–water partition coefficient (Wildman–Crippen LogP) is 6.46. The number of hydrogen-bond donors (Lipinski definition) is 1. The number of aliphatic imine (C=N–C) groups is 1. The SMILES string of the molecule is CCCCCCCCOc1ccc(/C=C2/SC(=Nc3ccc(F)cc3)NC2=O)cc1. The second-order valence-corrected chi connectivity index (χ2v) is 8.17. The van der Waals surface area contributed by atoms with E-state index in [4.69, 9.17) is 4.74 Å². The number of hydrogen-bond acceptors (Lipinski definition) is 4. The van der Waals surface area contributed by atoms with E-state index in [9.17, 15) is 9.18 Å². The van der Waals surface area contributed by atoms with Gasteiger partial charge in [0.2, 0.25) is 0 Å². The number of carbonyl (C=O) groups is 1. The molecule has 2 aromatic rings. The minimum atomic E-state index is -0.318. The van der Waals surface area contributed by atoms with Gasteiger partial charge in [0.1, 0.15) is 11.6 Å². The number of benzene rings is 2. The van der Waals surface area contributed by atoms with Crippen molar-refractivity contribution >= 4 is 34.6 Å². The van der Waals surface area contributed by atoms with Crippen LogP contribution in [0.4, 0.5) is 10.1 Å². The van der Waals surface area contributed by atoms with E-state index in [-0.39, 0.29) is 11.7 Å². The smallest absolute Gasteiger partial charge is 0.264 e. The molecule has 6 heteroatoms. The molecule has 1 aliphatic heterocycles. The van der Waals surface area contributed by atoms with Crippen LogP contribution < -0.4 is 10.1 Å². The molecule has 4 nitrogen and oxygen atoms in total. The Morgan fingerprint density at radius 1 is 1.00 bits per heavy atom. The highest BCUT2D eigenvalue weighted by Crippen LogP contribution is 2.28. The van der Waals surface area contributed by atoms with Crippen molar-refractivity contribution in [1.29, 1.82) is 0 Å². The third-order valence-corrected chi connectivity index (χ3v) is 5.56. The zero-order chi connectivity index (χ0) is 21.2. The molecule has 1 aliphatic rings. The van der Waals surface area contributed by atoms with Gasteiger partial charge in [-0.05, 0) is 66.2 Å². The fraction of sp³-hybridized carbons (Fsp3) is 0.333.